The Balaban J connectivity index is 1.46. The minimum atomic E-state index is -4.55. The minimum absolute atomic E-state index is 0.0151. The standard InChI is InChI=1S/C32H37F3N6O4/c1-20(38-29(43)27-18-36-19-28(39-27)41-14-12-40(13-15-41)21(2)42)22-6-8-23(9-7-22)26-16-25(32(33,34)35)11-10-24(26)17-37-30(44)45-31(3,4)5/h6-11,16,18-20H,12-15,17H2,1-5H3,(H,37,44)(H,38,43)/t20-/m1/s1. The van der Waals surface area contributed by atoms with Gasteiger partial charge in [0.2, 0.25) is 5.91 Å². The SMILES string of the molecule is CC(=O)N1CCN(c2cncc(C(=O)N[C@H](C)c3ccc(-c4cc(C(F)(F)F)ccc4CNC(=O)OC(C)(C)C)cc3)n2)CC1. The summed E-state index contributed by atoms with van der Waals surface area (Å²) in [4.78, 5) is 49.2. The van der Waals surface area contributed by atoms with Crippen LogP contribution < -0.4 is 15.5 Å². The second-order valence-electron chi connectivity index (χ2n) is 11.8. The number of carbonyl (C=O) groups excluding carboxylic acids is 3. The Labute approximate surface area is 260 Å². The number of rotatable bonds is 7. The topological polar surface area (TPSA) is 117 Å². The van der Waals surface area contributed by atoms with Crippen LogP contribution in [0, 0.1) is 0 Å². The molecule has 0 spiro atoms. The van der Waals surface area contributed by atoms with Crippen molar-refractivity contribution in [3.05, 3.63) is 77.2 Å². The Bertz CT molecular complexity index is 1530. The van der Waals surface area contributed by atoms with Crippen molar-refractivity contribution in [2.75, 3.05) is 31.1 Å². The Morgan fingerprint density at radius 3 is 2.24 bits per heavy atom. The summed E-state index contributed by atoms with van der Waals surface area (Å²) in [6, 6.07) is 9.71. The molecule has 0 radical (unpaired) electrons. The number of hydrogen-bond acceptors (Lipinski definition) is 7. The molecule has 240 valence electrons. The Hall–Kier alpha value is -4.68. The van der Waals surface area contributed by atoms with Gasteiger partial charge in [-0.15, -0.1) is 0 Å². The monoisotopic (exact) mass is 626 g/mol. The first-order valence-corrected chi connectivity index (χ1v) is 14.5. The van der Waals surface area contributed by atoms with Gasteiger partial charge < -0.3 is 25.2 Å². The second-order valence-corrected chi connectivity index (χ2v) is 11.8. The van der Waals surface area contributed by atoms with Crippen LogP contribution in [0.3, 0.4) is 0 Å². The Morgan fingerprint density at radius 2 is 1.64 bits per heavy atom. The molecule has 1 fully saturated rings. The molecule has 0 saturated carbocycles. The van der Waals surface area contributed by atoms with E-state index in [9.17, 15) is 27.6 Å². The van der Waals surface area contributed by atoms with Crippen molar-refractivity contribution in [2.24, 2.45) is 0 Å². The summed E-state index contributed by atoms with van der Waals surface area (Å²) in [7, 11) is 0. The van der Waals surface area contributed by atoms with Gasteiger partial charge >= 0.3 is 12.3 Å². The van der Waals surface area contributed by atoms with Crippen LogP contribution in [-0.4, -0.2) is 64.6 Å². The van der Waals surface area contributed by atoms with Gasteiger partial charge in [-0.1, -0.05) is 30.3 Å². The van der Waals surface area contributed by atoms with Gasteiger partial charge in [0.25, 0.3) is 5.91 Å². The first-order valence-electron chi connectivity index (χ1n) is 14.5. The molecule has 1 aromatic heterocycles. The van der Waals surface area contributed by atoms with Gasteiger partial charge in [-0.25, -0.2) is 9.78 Å². The van der Waals surface area contributed by atoms with Gasteiger partial charge in [-0.2, -0.15) is 13.2 Å². The molecule has 4 rings (SSSR count). The average Bonchev–Trinajstić information content (AvgIpc) is 2.98. The van der Waals surface area contributed by atoms with Crippen LogP contribution in [0.5, 0.6) is 0 Å². The lowest BCUT2D eigenvalue weighted by atomic mass is 9.95. The largest absolute Gasteiger partial charge is 0.444 e. The average molecular weight is 627 g/mol. The number of aromatic nitrogens is 2. The number of alkyl halides is 3. The fraction of sp³-hybridized carbons (Fsp3) is 0.406. The molecule has 0 bridgehead atoms. The van der Waals surface area contributed by atoms with Gasteiger partial charge in [0.1, 0.15) is 17.1 Å². The highest BCUT2D eigenvalue weighted by Gasteiger charge is 2.31. The number of nitrogens with one attached hydrogen (secondary N) is 2. The summed E-state index contributed by atoms with van der Waals surface area (Å²) >= 11 is 0. The van der Waals surface area contributed by atoms with Crippen LogP contribution in [-0.2, 0) is 22.3 Å². The third-order valence-corrected chi connectivity index (χ3v) is 7.23. The summed E-state index contributed by atoms with van der Waals surface area (Å²) in [6.45, 7) is 10.7. The van der Waals surface area contributed by atoms with E-state index < -0.39 is 35.4 Å². The third-order valence-electron chi connectivity index (χ3n) is 7.23. The number of halogens is 3. The van der Waals surface area contributed by atoms with E-state index in [2.05, 4.69) is 20.6 Å². The van der Waals surface area contributed by atoms with Crippen LogP contribution in [0.15, 0.2) is 54.9 Å². The predicted molar refractivity (Wildman–Crippen MR) is 162 cm³/mol. The van der Waals surface area contributed by atoms with Gasteiger partial charge in [0.15, 0.2) is 0 Å². The zero-order chi connectivity index (χ0) is 32.9. The van der Waals surface area contributed by atoms with Crippen LogP contribution >= 0.6 is 0 Å². The van der Waals surface area contributed by atoms with Gasteiger partial charge in [-0.3, -0.25) is 14.6 Å². The lowest BCUT2D eigenvalue weighted by Crippen LogP contribution is -2.48. The number of ether oxygens (including phenoxy) is 1. The van der Waals surface area contributed by atoms with E-state index in [0.717, 1.165) is 17.7 Å². The molecule has 1 aliphatic heterocycles. The normalized spacial score (nSPS) is 14.5. The van der Waals surface area contributed by atoms with Crippen molar-refractivity contribution in [1.29, 1.82) is 0 Å². The molecule has 1 saturated heterocycles. The number of nitrogens with zero attached hydrogens (tertiary/aromatic N) is 4. The zero-order valence-electron chi connectivity index (χ0n) is 25.9. The molecular formula is C32H37F3N6O4. The molecular weight excluding hydrogens is 589 g/mol. The maximum absolute atomic E-state index is 13.6. The molecule has 0 unspecified atom stereocenters. The number of hydrogen-bond donors (Lipinski definition) is 2. The summed E-state index contributed by atoms with van der Waals surface area (Å²) in [5.41, 5.74) is 0.606. The number of piperazine rings is 1. The number of carbonyl (C=O) groups is 3. The second kappa shape index (κ2) is 13.5. The van der Waals surface area contributed by atoms with Crippen LogP contribution in [0.1, 0.15) is 67.8 Å². The lowest BCUT2D eigenvalue weighted by molar-refractivity contribution is -0.137. The molecule has 1 atom stereocenters. The Kier molecular flexibility index (Phi) is 9.99. The van der Waals surface area contributed by atoms with Crippen molar-refractivity contribution in [1.82, 2.24) is 25.5 Å². The van der Waals surface area contributed by atoms with E-state index in [0.29, 0.717) is 48.7 Å². The van der Waals surface area contributed by atoms with E-state index in [-0.39, 0.29) is 18.1 Å². The fourth-order valence-corrected chi connectivity index (χ4v) is 4.83. The molecule has 2 aromatic carbocycles. The molecule has 3 aromatic rings. The van der Waals surface area contributed by atoms with Crippen molar-refractivity contribution in [3.63, 3.8) is 0 Å². The maximum atomic E-state index is 13.6. The quantitative estimate of drug-likeness (QED) is 0.363. The lowest BCUT2D eigenvalue weighted by Gasteiger charge is -2.34. The molecule has 0 aliphatic carbocycles. The first kappa shape index (κ1) is 33.2. The van der Waals surface area contributed by atoms with Crippen molar-refractivity contribution >= 4 is 23.7 Å². The van der Waals surface area contributed by atoms with Crippen molar-refractivity contribution < 1.29 is 32.3 Å². The molecule has 45 heavy (non-hydrogen) atoms. The third kappa shape index (κ3) is 8.93. The summed E-state index contributed by atoms with van der Waals surface area (Å²) in [6.07, 6.45) is -2.28. The highest BCUT2D eigenvalue weighted by atomic mass is 19.4. The van der Waals surface area contributed by atoms with Gasteiger partial charge in [0.05, 0.1) is 24.0 Å². The molecule has 2 heterocycles. The number of amides is 3. The summed E-state index contributed by atoms with van der Waals surface area (Å²) < 4.78 is 45.9. The molecule has 2 N–H and O–H groups in total. The number of anilines is 1. The van der Waals surface area contributed by atoms with Crippen LogP contribution in [0.25, 0.3) is 11.1 Å². The zero-order valence-corrected chi connectivity index (χ0v) is 25.9. The highest BCUT2D eigenvalue weighted by molar-refractivity contribution is 5.92. The smallest absolute Gasteiger partial charge is 0.416 e. The van der Waals surface area contributed by atoms with E-state index in [4.69, 9.17) is 4.74 Å². The van der Waals surface area contributed by atoms with Crippen LogP contribution in [0.2, 0.25) is 0 Å². The van der Waals surface area contributed by atoms with Crippen molar-refractivity contribution in [2.45, 2.75) is 59.0 Å². The number of alkyl carbamates (subject to hydrolysis) is 1. The van der Waals surface area contributed by atoms with Crippen LogP contribution in [0.4, 0.5) is 23.8 Å². The summed E-state index contributed by atoms with van der Waals surface area (Å²) in [5.74, 6) is 0.124. The van der Waals surface area contributed by atoms with E-state index in [1.165, 1.54) is 19.2 Å². The molecule has 13 heteroatoms. The van der Waals surface area contributed by atoms with Crippen molar-refractivity contribution in [3.8, 4) is 11.1 Å². The molecule has 3 amide bonds. The van der Waals surface area contributed by atoms with E-state index >= 15 is 0 Å². The number of benzene rings is 2. The Morgan fingerprint density at radius 1 is 0.978 bits per heavy atom. The maximum Gasteiger partial charge on any atom is 0.416 e. The van der Waals surface area contributed by atoms with Gasteiger partial charge in [-0.05, 0) is 62.1 Å². The molecule has 10 nitrogen and oxygen atoms in total. The predicted octanol–water partition coefficient (Wildman–Crippen LogP) is 5.35. The highest BCUT2D eigenvalue weighted by Crippen LogP contribution is 2.34. The minimum Gasteiger partial charge on any atom is -0.444 e. The fourth-order valence-electron chi connectivity index (χ4n) is 4.83. The van der Waals surface area contributed by atoms with E-state index in [1.54, 1.807) is 63.1 Å². The summed E-state index contributed by atoms with van der Waals surface area (Å²) in [5, 5.41) is 5.49. The molecule has 1 aliphatic rings. The van der Waals surface area contributed by atoms with E-state index in [1.807, 2.05) is 4.90 Å². The van der Waals surface area contributed by atoms with Gasteiger partial charge in [0, 0.05) is 39.6 Å². The first-order chi connectivity index (χ1) is 21.1.